The maximum Gasteiger partial charge on any atom is 0.316 e. The third kappa shape index (κ3) is 3.30. The number of aromatic nitrogens is 3. The van der Waals surface area contributed by atoms with Crippen molar-refractivity contribution in [1.82, 2.24) is 14.8 Å². The van der Waals surface area contributed by atoms with Crippen LogP contribution in [0.3, 0.4) is 0 Å². The maximum absolute atomic E-state index is 5.60. The van der Waals surface area contributed by atoms with Crippen LogP contribution in [0, 0.1) is 0 Å². The second kappa shape index (κ2) is 5.31. The van der Waals surface area contributed by atoms with E-state index in [-0.39, 0.29) is 6.10 Å². The Bertz CT molecular complexity index is 482. The molecule has 0 saturated heterocycles. The van der Waals surface area contributed by atoms with Gasteiger partial charge in [0.25, 0.3) is 0 Å². The number of nitrogens with zero attached hydrogens (tertiary/aromatic N) is 3. The summed E-state index contributed by atoms with van der Waals surface area (Å²) in [6.45, 7) is 4.59. The van der Waals surface area contributed by atoms with Gasteiger partial charge in [-0.25, -0.2) is 4.68 Å². The van der Waals surface area contributed by atoms with Gasteiger partial charge in [0.1, 0.15) is 0 Å². The van der Waals surface area contributed by atoms with Gasteiger partial charge >= 0.3 is 6.01 Å². The standard InChI is InChI=1S/C12H14BrN3O/c1-9(2)17-12-14-11(13)15-16(12)8-10-6-4-3-5-7-10/h3-7,9H,8H2,1-2H3. The fourth-order valence-electron chi connectivity index (χ4n) is 1.46. The van der Waals surface area contributed by atoms with Crippen LogP contribution in [0.5, 0.6) is 6.01 Å². The molecule has 0 aliphatic carbocycles. The Morgan fingerprint density at radius 1 is 1.29 bits per heavy atom. The first-order valence-electron chi connectivity index (χ1n) is 5.46. The molecule has 0 atom stereocenters. The van der Waals surface area contributed by atoms with E-state index in [4.69, 9.17) is 4.74 Å². The van der Waals surface area contributed by atoms with Gasteiger partial charge in [-0.2, -0.15) is 4.98 Å². The number of ether oxygens (including phenoxy) is 1. The highest BCUT2D eigenvalue weighted by Gasteiger charge is 2.11. The summed E-state index contributed by atoms with van der Waals surface area (Å²) in [5.41, 5.74) is 1.17. The minimum Gasteiger partial charge on any atom is -0.461 e. The average Bonchev–Trinajstić information content (AvgIpc) is 2.59. The minimum atomic E-state index is 0.0839. The zero-order chi connectivity index (χ0) is 12.3. The van der Waals surface area contributed by atoms with Crippen molar-refractivity contribution in [2.45, 2.75) is 26.5 Å². The summed E-state index contributed by atoms with van der Waals surface area (Å²) < 4.78 is 7.89. The molecule has 0 bridgehead atoms. The zero-order valence-corrected chi connectivity index (χ0v) is 11.4. The van der Waals surface area contributed by atoms with E-state index in [0.29, 0.717) is 17.3 Å². The fraction of sp³-hybridized carbons (Fsp3) is 0.333. The quantitative estimate of drug-likeness (QED) is 0.871. The Morgan fingerprint density at radius 3 is 2.65 bits per heavy atom. The van der Waals surface area contributed by atoms with E-state index in [1.54, 1.807) is 4.68 Å². The maximum atomic E-state index is 5.60. The number of rotatable bonds is 4. The number of halogens is 1. The first-order chi connectivity index (χ1) is 8.15. The van der Waals surface area contributed by atoms with Crippen LogP contribution >= 0.6 is 15.9 Å². The zero-order valence-electron chi connectivity index (χ0n) is 9.80. The normalized spacial score (nSPS) is 10.8. The van der Waals surface area contributed by atoms with Gasteiger partial charge in [-0.3, -0.25) is 0 Å². The Morgan fingerprint density at radius 2 is 2.00 bits per heavy atom. The molecular weight excluding hydrogens is 282 g/mol. The summed E-state index contributed by atoms with van der Waals surface area (Å²) in [5.74, 6) is 0. The highest BCUT2D eigenvalue weighted by atomic mass is 79.9. The van der Waals surface area contributed by atoms with Crippen LogP contribution in [0.4, 0.5) is 0 Å². The van der Waals surface area contributed by atoms with E-state index in [1.165, 1.54) is 5.56 Å². The monoisotopic (exact) mass is 295 g/mol. The van der Waals surface area contributed by atoms with Gasteiger partial charge in [0, 0.05) is 0 Å². The van der Waals surface area contributed by atoms with Gasteiger partial charge in [0.05, 0.1) is 12.6 Å². The summed E-state index contributed by atoms with van der Waals surface area (Å²) in [5, 5.41) is 4.26. The van der Waals surface area contributed by atoms with Gasteiger partial charge < -0.3 is 4.74 Å². The van der Waals surface area contributed by atoms with E-state index in [0.717, 1.165) is 0 Å². The molecule has 0 fully saturated rings. The second-order valence-corrected chi connectivity index (χ2v) is 4.68. The molecular formula is C12H14BrN3O. The van der Waals surface area contributed by atoms with Gasteiger partial charge in [0.2, 0.25) is 4.73 Å². The van der Waals surface area contributed by atoms with Gasteiger partial charge in [-0.1, -0.05) is 30.3 Å². The third-order valence-corrected chi connectivity index (χ3v) is 2.46. The van der Waals surface area contributed by atoms with Crippen LogP contribution in [0.2, 0.25) is 0 Å². The first kappa shape index (κ1) is 12.1. The Hall–Kier alpha value is -1.36. The predicted molar refractivity (Wildman–Crippen MR) is 69.0 cm³/mol. The number of benzene rings is 1. The van der Waals surface area contributed by atoms with Gasteiger partial charge in [-0.15, -0.1) is 5.10 Å². The van der Waals surface area contributed by atoms with E-state index >= 15 is 0 Å². The lowest BCUT2D eigenvalue weighted by Crippen LogP contribution is -2.12. The van der Waals surface area contributed by atoms with Crippen LogP contribution in [0.1, 0.15) is 19.4 Å². The van der Waals surface area contributed by atoms with Crippen LogP contribution in [-0.4, -0.2) is 20.9 Å². The number of hydrogen-bond donors (Lipinski definition) is 0. The summed E-state index contributed by atoms with van der Waals surface area (Å²) in [7, 11) is 0. The summed E-state index contributed by atoms with van der Waals surface area (Å²) in [4.78, 5) is 4.19. The lowest BCUT2D eigenvalue weighted by Gasteiger charge is -2.09. The van der Waals surface area contributed by atoms with Gasteiger partial charge in [0.15, 0.2) is 0 Å². The molecule has 4 nitrogen and oxygen atoms in total. The van der Waals surface area contributed by atoms with Crippen LogP contribution in [0.15, 0.2) is 35.1 Å². The molecule has 0 N–H and O–H groups in total. The molecule has 0 saturated carbocycles. The summed E-state index contributed by atoms with van der Waals surface area (Å²) in [6, 6.07) is 10.6. The van der Waals surface area contributed by atoms with E-state index < -0.39 is 0 Å². The predicted octanol–water partition coefficient (Wildman–Crippen LogP) is 2.88. The van der Waals surface area contributed by atoms with Crippen molar-refractivity contribution in [3.63, 3.8) is 0 Å². The topological polar surface area (TPSA) is 39.9 Å². The molecule has 0 aliphatic heterocycles. The Balaban J connectivity index is 2.20. The van der Waals surface area contributed by atoms with Crippen molar-refractivity contribution in [2.24, 2.45) is 0 Å². The summed E-state index contributed by atoms with van der Waals surface area (Å²) in [6.07, 6.45) is 0.0839. The average molecular weight is 296 g/mol. The van der Waals surface area contributed by atoms with Crippen molar-refractivity contribution < 1.29 is 4.74 Å². The highest BCUT2D eigenvalue weighted by molar-refractivity contribution is 9.10. The SMILES string of the molecule is CC(C)Oc1nc(Br)nn1Cc1ccccc1. The largest absolute Gasteiger partial charge is 0.461 e. The molecule has 17 heavy (non-hydrogen) atoms. The molecule has 2 rings (SSSR count). The molecule has 0 amide bonds. The van der Waals surface area contributed by atoms with Crippen LogP contribution in [-0.2, 0) is 6.54 Å². The fourth-order valence-corrected chi connectivity index (χ4v) is 1.80. The third-order valence-electron chi connectivity index (χ3n) is 2.13. The molecule has 1 heterocycles. The highest BCUT2D eigenvalue weighted by Crippen LogP contribution is 2.15. The smallest absolute Gasteiger partial charge is 0.316 e. The lowest BCUT2D eigenvalue weighted by atomic mass is 10.2. The Kier molecular flexibility index (Phi) is 3.78. The van der Waals surface area contributed by atoms with Crippen molar-refractivity contribution in [3.05, 3.63) is 40.6 Å². The minimum absolute atomic E-state index is 0.0839. The molecule has 0 spiro atoms. The summed E-state index contributed by atoms with van der Waals surface area (Å²) >= 11 is 3.26. The molecule has 5 heteroatoms. The molecule has 0 aliphatic rings. The van der Waals surface area contributed by atoms with E-state index in [2.05, 4.69) is 38.1 Å². The van der Waals surface area contributed by atoms with Crippen molar-refractivity contribution in [1.29, 1.82) is 0 Å². The Labute approximate surface area is 109 Å². The molecule has 1 aromatic heterocycles. The lowest BCUT2D eigenvalue weighted by molar-refractivity contribution is 0.210. The van der Waals surface area contributed by atoms with Crippen LogP contribution in [0.25, 0.3) is 0 Å². The van der Waals surface area contributed by atoms with Gasteiger partial charge in [-0.05, 0) is 35.3 Å². The van der Waals surface area contributed by atoms with E-state index in [1.807, 2.05) is 32.0 Å². The second-order valence-electron chi connectivity index (χ2n) is 3.97. The molecule has 0 unspecified atom stereocenters. The number of hydrogen-bond acceptors (Lipinski definition) is 3. The molecule has 90 valence electrons. The van der Waals surface area contributed by atoms with Crippen molar-refractivity contribution >= 4 is 15.9 Å². The molecule has 1 aromatic carbocycles. The van der Waals surface area contributed by atoms with Crippen LogP contribution < -0.4 is 4.74 Å². The molecule has 0 radical (unpaired) electrons. The van der Waals surface area contributed by atoms with Crippen molar-refractivity contribution in [3.8, 4) is 6.01 Å². The van der Waals surface area contributed by atoms with Crippen molar-refractivity contribution in [2.75, 3.05) is 0 Å². The molecule has 2 aromatic rings. The van der Waals surface area contributed by atoms with E-state index in [9.17, 15) is 0 Å². The first-order valence-corrected chi connectivity index (χ1v) is 6.25.